The molecule has 0 unspecified atom stereocenters. The largest absolute Gasteiger partial charge is 0.463 e. The first-order valence-electron chi connectivity index (χ1n) is 6.63. The number of nitrogens with one attached hydrogen (secondary N) is 1. The van der Waals surface area contributed by atoms with Crippen LogP contribution in [0.15, 0.2) is 53.4 Å². The van der Waals surface area contributed by atoms with Gasteiger partial charge in [-0.05, 0) is 42.8 Å². The fraction of sp³-hybridized carbons (Fsp3) is 0.0625. The van der Waals surface area contributed by atoms with E-state index in [0.717, 1.165) is 39.6 Å². The van der Waals surface area contributed by atoms with Gasteiger partial charge in [-0.15, -0.1) is 0 Å². The van der Waals surface area contributed by atoms with Gasteiger partial charge in [-0.25, -0.2) is 9.97 Å². The molecule has 102 valence electrons. The zero-order valence-corrected chi connectivity index (χ0v) is 11.4. The molecule has 0 aliphatic heterocycles. The van der Waals surface area contributed by atoms with Crippen molar-refractivity contribution in [3.8, 4) is 22.6 Å². The van der Waals surface area contributed by atoms with Crippen LogP contribution in [0, 0.1) is 6.92 Å². The Bertz CT molecular complexity index is 895. The van der Waals surface area contributed by atoms with Crippen molar-refractivity contribution in [3.05, 3.63) is 54.8 Å². The van der Waals surface area contributed by atoms with E-state index in [9.17, 15) is 0 Å². The molecule has 0 aliphatic rings. The average molecular weight is 276 g/mol. The van der Waals surface area contributed by atoms with Gasteiger partial charge in [0.25, 0.3) is 0 Å². The van der Waals surface area contributed by atoms with Crippen LogP contribution >= 0.6 is 0 Å². The lowest BCUT2D eigenvalue weighted by molar-refractivity contribution is 0.580. The molecule has 0 aliphatic carbocycles. The molecule has 0 fully saturated rings. The predicted octanol–water partition coefficient (Wildman–Crippen LogP) is 3.59. The third-order valence-electron chi connectivity index (χ3n) is 3.34. The first-order chi connectivity index (χ1) is 10.3. The predicted molar refractivity (Wildman–Crippen MR) is 79.6 cm³/mol. The van der Waals surface area contributed by atoms with Crippen molar-refractivity contribution in [2.45, 2.75) is 6.92 Å². The number of imidazole rings is 1. The second-order valence-electron chi connectivity index (χ2n) is 4.79. The van der Waals surface area contributed by atoms with Gasteiger partial charge in [-0.2, -0.15) is 0 Å². The van der Waals surface area contributed by atoms with E-state index < -0.39 is 0 Å². The van der Waals surface area contributed by atoms with Gasteiger partial charge in [-0.1, -0.05) is 0 Å². The molecule has 0 aromatic carbocycles. The second-order valence-corrected chi connectivity index (χ2v) is 4.79. The number of H-pyrrole nitrogens is 1. The summed E-state index contributed by atoms with van der Waals surface area (Å²) in [6, 6.07) is 9.69. The highest BCUT2D eigenvalue weighted by atomic mass is 16.3. The first-order valence-corrected chi connectivity index (χ1v) is 6.63. The van der Waals surface area contributed by atoms with Gasteiger partial charge >= 0.3 is 0 Å². The number of hydrogen-bond donors (Lipinski definition) is 1. The topological polar surface area (TPSA) is 67.6 Å². The molecule has 4 aromatic heterocycles. The molecule has 0 saturated carbocycles. The monoisotopic (exact) mass is 276 g/mol. The minimum Gasteiger partial charge on any atom is -0.463 e. The average Bonchev–Trinajstić information content (AvgIpc) is 3.14. The van der Waals surface area contributed by atoms with Gasteiger partial charge in [0.15, 0.2) is 11.4 Å². The normalized spacial score (nSPS) is 11.1. The lowest BCUT2D eigenvalue weighted by atomic mass is 10.0. The summed E-state index contributed by atoms with van der Waals surface area (Å²) in [7, 11) is 0. The Morgan fingerprint density at radius 1 is 1.10 bits per heavy atom. The third-order valence-corrected chi connectivity index (χ3v) is 3.34. The number of nitrogens with zero attached hydrogens (tertiary/aromatic N) is 3. The fourth-order valence-corrected chi connectivity index (χ4v) is 2.41. The number of aryl methyl sites for hydroxylation is 1. The third kappa shape index (κ3) is 1.99. The van der Waals surface area contributed by atoms with Gasteiger partial charge < -0.3 is 9.40 Å². The Balaban J connectivity index is 2.04. The van der Waals surface area contributed by atoms with E-state index >= 15 is 0 Å². The highest BCUT2D eigenvalue weighted by Gasteiger charge is 2.15. The van der Waals surface area contributed by atoms with Crippen LogP contribution in [-0.2, 0) is 0 Å². The molecule has 0 bridgehead atoms. The molecular weight excluding hydrogens is 264 g/mol. The Kier molecular flexibility index (Phi) is 2.57. The highest BCUT2D eigenvalue weighted by Crippen LogP contribution is 2.32. The van der Waals surface area contributed by atoms with E-state index in [0.29, 0.717) is 0 Å². The number of aromatic nitrogens is 4. The maximum atomic E-state index is 5.53. The molecule has 21 heavy (non-hydrogen) atoms. The molecule has 4 heterocycles. The quantitative estimate of drug-likeness (QED) is 0.607. The molecule has 1 N–H and O–H groups in total. The van der Waals surface area contributed by atoms with E-state index in [2.05, 4.69) is 19.9 Å². The number of pyridine rings is 2. The minimum absolute atomic E-state index is 0.732. The van der Waals surface area contributed by atoms with Crippen LogP contribution in [0.25, 0.3) is 33.7 Å². The van der Waals surface area contributed by atoms with E-state index in [1.165, 1.54) is 0 Å². The number of fused-ring (bicyclic) bond motifs is 1. The van der Waals surface area contributed by atoms with Crippen molar-refractivity contribution >= 4 is 11.2 Å². The number of furan rings is 1. The summed E-state index contributed by atoms with van der Waals surface area (Å²) in [6.07, 6.45) is 5.18. The summed E-state index contributed by atoms with van der Waals surface area (Å²) >= 11 is 0. The Labute approximate surface area is 120 Å². The van der Waals surface area contributed by atoms with Gasteiger partial charge in [0, 0.05) is 18.0 Å². The molecule has 0 radical (unpaired) electrons. The summed E-state index contributed by atoms with van der Waals surface area (Å²) in [4.78, 5) is 16.4. The van der Waals surface area contributed by atoms with Crippen LogP contribution in [0.5, 0.6) is 0 Å². The van der Waals surface area contributed by atoms with Gasteiger partial charge in [0.05, 0.1) is 6.26 Å². The number of rotatable bonds is 2. The van der Waals surface area contributed by atoms with Crippen molar-refractivity contribution in [3.63, 3.8) is 0 Å². The van der Waals surface area contributed by atoms with E-state index in [1.807, 2.05) is 37.3 Å². The zero-order chi connectivity index (χ0) is 14.2. The Morgan fingerprint density at radius 2 is 1.95 bits per heavy atom. The van der Waals surface area contributed by atoms with Crippen LogP contribution in [0.2, 0.25) is 0 Å². The van der Waals surface area contributed by atoms with Crippen molar-refractivity contribution < 1.29 is 4.42 Å². The van der Waals surface area contributed by atoms with E-state index in [4.69, 9.17) is 4.42 Å². The summed E-state index contributed by atoms with van der Waals surface area (Å²) in [6.45, 7) is 1.92. The lowest BCUT2D eigenvalue weighted by Gasteiger charge is -2.06. The Morgan fingerprint density at radius 3 is 2.71 bits per heavy atom. The van der Waals surface area contributed by atoms with Crippen LogP contribution in [0.1, 0.15) is 5.82 Å². The molecular formula is C16H12N4O. The lowest BCUT2D eigenvalue weighted by Crippen LogP contribution is -1.90. The first kappa shape index (κ1) is 11.8. The van der Waals surface area contributed by atoms with Crippen molar-refractivity contribution in [1.29, 1.82) is 0 Å². The van der Waals surface area contributed by atoms with Crippen LogP contribution in [-0.4, -0.2) is 19.9 Å². The van der Waals surface area contributed by atoms with Crippen molar-refractivity contribution in [1.82, 2.24) is 19.9 Å². The second kappa shape index (κ2) is 4.56. The van der Waals surface area contributed by atoms with Crippen LogP contribution in [0.4, 0.5) is 0 Å². The van der Waals surface area contributed by atoms with Gasteiger partial charge in [-0.3, -0.25) is 4.98 Å². The molecule has 0 amide bonds. The molecule has 0 spiro atoms. The Hall–Kier alpha value is -2.95. The number of aromatic amines is 1. The number of hydrogen-bond acceptors (Lipinski definition) is 4. The highest BCUT2D eigenvalue weighted by molar-refractivity contribution is 5.87. The molecule has 5 heteroatoms. The van der Waals surface area contributed by atoms with E-state index in [-0.39, 0.29) is 0 Å². The van der Waals surface area contributed by atoms with Crippen molar-refractivity contribution in [2.75, 3.05) is 0 Å². The summed E-state index contributed by atoms with van der Waals surface area (Å²) in [5, 5.41) is 0. The smallest absolute Gasteiger partial charge is 0.158 e. The van der Waals surface area contributed by atoms with Crippen molar-refractivity contribution in [2.24, 2.45) is 0 Å². The summed E-state index contributed by atoms with van der Waals surface area (Å²) in [5.41, 5.74) is 4.41. The van der Waals surface area contributed by atoms with E-state index in [1.54, 1.807) is 18.7 Å². The summed E-state index contributed by atoms with van der Waals surface area (Å²) in [5.74, 6) is 1.57. The molecule has 4 aromatic rings. The van der Waals surface area contributed by atoms with Gasteiger partial charge in [0.1, 0.15) is 17.0 Å². The summed E-state index contributed by atoms with van der Waals surface area (Å²) < 4.78 is 5.53. The fourth-order valence-electron chi connectivity index (χ4n) is 2.41. The standard InChI is InChI=1S/C16H12N4O/c1-10-18-13-9-12(11-4-6-17-7-5-11)15(20-16(13)19-10)14-3-2-8-21-14/h2-9H,1H3,(H,18,19,20). The van der Waals surface area contributed by atoms with Crippen LogP contribution in [0.3, 0.4) is 0 Å². The minimum atomic E-state index is 0.732. The SMILES string of the molecule is Cc1nc2cc(-c3ccncc3)c(-c3ccco3)nc2[nH]1. The molecule has 4 rings (SSSR count). The maximum absolute atomic E-state index is 5.53. The molecule has 5 nitrogen and oxygen atoms in total. The zero-order valence-electron chi connectivity index (χ0n) is 11.4. The maximum Gasteiger partial charge on any atom is 0.158 e. The molecule has 0 atom stereocenters. The van der Waals surface area contributed by atoms with Crippen LogP contribution < -0.4 is 0 Å². The molecule has 0 saturated heterocycles. The van der Waals surface area contributed by atoms with Gasteiger partial charge in [0.2, 0.25) is 0 Å².